The van der Waals surface area contributed by atoms with Crippen molar-refractivity contribution in [1.82, 2.24) is 5.32 Å². The van der Waals surface area contributed by atoms with Crippen LogP contribution in [0, 0.1) is 5.41 Å². The highest BCUT2D eigenvalue weighted by molar-refractivity contribution is 8.14. The number of hydrogen-bond acceptors (Lipinski definition) is 5. The first-order valence-corrected chi connectivity index (χ1v) is 15.5. The quantitative estimate of drug-likeness (QED) is 0.110. The molecule has 0 saturated carbocycles. The number of amidine groups is 2. The van der Waals surface area contributed by atoms with Crippen molar-refractivity contribution in [2.45, 2.75) is 58.9 Å². The Kier molecular flexibility index (Phi) is 12.9. The van der Waals surface area contributed by atoms with Crippen LogP contribution in [0.2, 0.25) is 0 Å². The summed E-state index contributed by atoms with van der Waals surface area (Å²) in [5.74, 6) is 0.298. The van der Waals surface area contributed by atoms with Crippen molar-refractivity contribution in [3.63, 3.8) is 0 Å². The Balaban J connectivity index is 1.62. The number of hydrogen-bond donors (Lipinski definition) is 3. The molecule has 0 aliphatic carbocycles. The Bertz CT molecular complexity index is 1540. The average molecular weight is 655 g/mol. The number of alkyl halides is 3. The van der Waals surface area contributed by atoms with E-state index in [1.807, 2.05) is 71.0 Å². The highest BCUT2D eigenvalue weighted by atomic mass is 32.2. The summed E-state index contributed by atoms with van der Waals surface area (Å²) >= 11 is 1.30. The number of carbonyl (C=O) groups is 2. The Hall–Kier alpha value is -4.65. The fourth-order valence-corrected chi connectivity index (χ4v) is 5.04. The summed E-state index contributed by atoms with van der Waals surface area (Å²) < 4.78 is 40.8. The number of nitrogens with one attached hydrogen (secondary N) is 3. The van der Waals surface area contributed by atoms with E-state index in [9.17, 15) is 22.8 Å². The van der Waals surface area contributed by atoms with Crippen LogP contribution in [0.5, 0.6) is 5.75 Å². The monoisotopic (exact) mass is 654 g/mol. The normalized spacial score (nSPS) is 13.3. The fourth-order valence-electron chi connectivity index (χ4n) is 4.36. The van der Waals surface area contributed by atoms with Gasteiger partial charge in [-0.25, -0.2) is 9.79 Å². The topological polar surface area (TPSA) is 119 Å². The molecule has 3 aromatic rings. The second kappa shape index (κ2) is 16.6. The molecule has 2 unspecified atom stereocenters. The maximum atomic E-state index is 13.0. The van der Waals surface area contributed by atoms with Crippen LogP contribution in [-0.2, 0) is 4.79 Å². The molecular formula is C33H37F3N6O3S. The Morgan fingerprint density at radius 3 is 2.26 bits per heavy atom. The number of halogens is 3. The summed E-state index contributed by atoms with van der Waals surface area (Å²) in [5, 5.41) is 14.2. The zero-order valence-corrected chi connectivity index (χ0v) is 26.9. The van der Waals surface area contributed by atoms with Gasteiger partial charge in [-0.15, -0.1) is 13.2 Å². The van der Waals surface area contributed by atoms with Crippen LogP contribution >= 0.6 is 11.8 Å². The minimum atomic E-state index is -4.77. The highest BCUT2D eigenvalue weighted by Gasteiger charge is 2.31. The van der Waals surface area contributed by atoms with Crippen molar-refractivity contribution in [2.75, 3.05) is 16.0 Å². The van der Waals surface area contributed by atoms with Gasteiger partial charge in [-0.3, -0.25) is 15.1 Å². The lowest BCUT2D eigenvalue weighted by atomic mass is 9.93. The number of aliphatic imine (C=N–C) groups is 2. The molecule has 0 aliphatic heterocycles. The summed E-state index contributed by atoms with van der Waals surface area (Å²) in [6.45, 7) is 9.82. The van der Waals surface area contributed by atoms with Crippen LogP contribution in [0.4, 0.5) is 29.3 Å². The fraction of sp³-hybridized carbons (Fsp3) is 0.303. The largest absolute Gasteiger partial charge is 0.573 e. The van der Waals surface area contributed by atoms with Gasteiger partial charge >= 0.3 is 12.4 Å². The Labute approximate surface area is 270 Å². The molecule has 0 saturated heterocycles. The van der Waals surface area contributed by atoms with Crippen LogP contribution in [0.15, 0.2) is 82.8 Å². The molecule has 0 heterocycles. The maximum Gasteiger partial charge on any atom is 0.573 e. The number of urea groups is 1. The molecule has 46 heavy (non-hydrogen) atoms. The number of carbonyl (C=O) groups excluding carboxylic acids is 2. The number of nitrogens with zero attached hydrogens (tertiary/aromatic N) is 3. The molecule has 3 aromatic carbocycles. The smallest absolute Gasteiger partial charge is 0.406 e. The van der Waals surface area contributed by atoms with E-state index >= 15 is 0 Å². The van der Waals surface area contributed by atoms with Crippen molar-refractivity contribution in [3.8, 4) is 5.75 Å². The first kappa shape index (κ1) is 35.8. The molecule has 0 aliphatic rings. The molecule has 9 nitrogen and oxygen atoms in total. The van der Waals surface area contributed by atoms with E-state index in [1.54, 1.807) is 12.1 Å². The van der Waals surface area contributed by atoms with Gasteiger partial charge in [0.15, 0.2) is 11.0 Å². The summed E-state index contributed by atoms with van der Waals surface area (Å²) in [6, 6.07) is 19.0. The summed E-state index contributed by atoms with van der Waals surface area (Å²) in [4.78, 5) is 34.9. The van der Waals surface area contributed by atoms with Crippen molar-refractivity contribution >= 4 is 52.9 Å². The van der Waals surface area contributed by atoms with Gasteiger partial charge in [0.2, 0.25) is 6.41 Å². The molecule has 244 valence electrons. The standard InChI is InChI=1S/C33H37F3N6O3S/c1-6-46-32(42(20-43)29-10-8-7-9-28(29)21(2)3)41-31(44)40-23(5)22(4)24-11-13-25(14-12-24)30(37)39-19-38-26-15-17-27(18-16-26)45-33(34,35)36/h7-23H,6H2,1-5H3,(H,40,44)(H2,37,38,39)/b41-32-. The van der Waals surface area contributed by atoms with Crippen molar-refractivity contribution in [1.29, 1.82) is 5.41 Å². The van der Waals surface area contributed by atoms with Gasteiger partial charge in [0.25, 0.3) is 0 Å². The van der Waals surface area contributed by atoms with Gasteiger partial charge in [-0.1, -0.05) is 81.9 Å². The first-order valence-electron chi connectivity index (χ1n) is 14.5. The lowest BCUT2D eigenvalue weighted by Gasteiger charge is -2.24. The molecule has 0 fully saturated rings. The Morgan fingerprint density at radius 2 is 1.67 bits per heavy atom. The zero-order valence-electron chi connectivity index (χ0n) is 26.1. The van der Waals surface area contributed by atoms with Gasteiger partial charge in [0.05, 0.1) is 12.0 Å². The number of benzene rings is 3. The molecule has 2 atom stereocenters. The van der Waals surface area contributed by atoms with Gasteiger partial charge in [-0.05, 0) is 60.1 Å². The zero-order chi connectivity index (χ0) is 33.9. The molecule has 0 aromatic heterocycles. The van der Waals surface area contributed by atoms with Crippen molar-refractivity contribution in [2.24, 2.45) is 9.98 Å². The van der Waals surface area contributed by atoms with E-state index in [1.165, 1.54) is 47.3 Å². The van der Waals surface area contributed by atoms with Crippen molar-refractivity contribution in [3.05, 3.63) is 89.5 Å². The molecule has 0 radical (unpaired) electrons. The average Bonchev–Trinajstić information content (AvgIpc) is 3.01. The lowest BCUT2D eigenvalue weighted by molar-refractivity contribution is -0.274. The van der Waals surface area contributed by atoms with E-state index in [0.29, 0.717) is 29.1 Å². The van der Waals surface area contributed by atoms with Crippen LogP contribution in [0.1, 0.15) is 63.1 Å². The number of ether oxygens (including phenoxy) is 1. The molecule has 0 bridgehead atoms. The van der Waals surface area contributed by atoms with Gasteiger partial charge in [-0.2, -0.15) is 4.99 Å². The molecule has 3 rings (SSSR count). The number of amides is 3. The number of para-hydroxylation sites is 1. The van der Waals surface area contributed by atoms with E-state index in [2.05, 4.69) is 25.4 Å². The third-order valence-corrected chi connectivity index (χ3v) is 7.76. The van der Waals surface area contributed by atoms with Crippen LogP contribution < -0.4 is 20.3 Å². The molecule has 0 spiro atoms. The highest BCUT2D eigenvalue weighted by Crippen LogP contribution is 2.29. The van der Waals surface area contributed by atoms with Gasteiger partial charge in [0.1, 0.15) is 5.75 Å². The number of anilines is 2. The minimum absolute atomic E-state index is 0.0286. The summed E-state index contributed by atoms with van der Waals surface area (Å²) in [7, 11) is 0. The van der Waals surface area contributed by atoms with Crippen molar-refractivity contribution < 1.29 is 27.5 Å². The second-order valence-corrected chi connectivity index (χ2v) is 11.7. The first-order chi connectivity index (χ1) is 21.8. The van der Waals surface area contributed by atoms with E-state index < -0.39 is 12.4 Å². The molecular weight excluding hydrogens is 617 g/mol. The second-order valence-electron chi connectivity index (χ2n) is 10.5. The molecule has 3 amide bonds. The third kappa shape index (κ3) is 10.5. The molecule has 3 N–H and O–H groups in total. The van der Waals surface area contributed by atoms with Gasteiger partial charge in [0, 0.05) is 23.2 Å². The van der Waals surface area contributed by atoms with Crippen LogP contribution in [0.25, 0.3) is 0 Å². The van der Waals surface area contributed by atoms with E-state index in [-0.39, 0.29) is 34.6 Å². The van der Waals surface area contributed by atoms with E-state index in [0.717, 1.165) is 11.1 Å². The van der Waals surface area contributed by atoms with E-state index in [4.69, 9.17) is 5.41 Å². The lowest BCUT2D eigenvalue weighted by Crippen LogP contribution is -2.36. The predicted octanol–water partition coefficient (Wildman–Crippen LogP) is 8.15. The van der Waals surface area contributed by atoms with Crippen LogP contribution in [-0.4, -0.2) is 47.9 Å². The summed E-state index contributed by atoms with van der Waals surface area (Å²) in [6.07, 6.45) is -2.82. The third-order valence-electron chi connectivity index (χ3n) is 6.92. The maximum absolute atomic E-state index is 13.0. The SMILES string of the molecule is CCS/C(=N\C(=O)NC(C)C(C)c1ccc(C(=N)/N=C\Nc2ccc(OC(F)(F)F)cc2)cc1)N(C=O)c1ccccc1C(C)C. The van der Waals surface area contributed by atoms with Crippen LogP contribution in [0.3, 0.4) is 0 Å². The Morgan fingerprint density at radius 1 is 1.02 bits per heavy atom. The number of rotatable bonds is 11. The predicted molar refractivity (Wildman–Crippen MR) is 180 cm³/mol. The van der Waals surface area contributed by atoms with Gasteiger partial charge < -0.3 is 15.4 Å². The number of thioether (sulfide) groups is 1. The minimum Gasteiger partial charge on any atom is -0.406 e. The summed E-state index contributed by atoms with van der Waals surface area (Å²) in [5.41, 5.74) is 3.57. The molecule has 13 heteroatoms.